The predicted octanol–water partition coefficient (Wildman–Crippen LogP) is 4.12. The van der Waals surface area contributed by atoms with Crippen molar-refractivity contribution in [2.24, 2.45) is 11.8 Å². The lowest BCUT2D eigenvalue weighted by Gasteiger charge is -2.40. The molecule has 2 aromatic heterocycles. The number of rotatable bonds is 14. The molecule has 5 rings (SSSR count). The third-order valence-corrected chi connectivity index (χ3v) is 9.42. The molecule has 1 saturated heterocycles. The Morgan fingerprint density at radius 2 is 1.25 bits per heavy atom. The van der Waals surface area contributed by atoms with Gasteiger partial charge in [-0.3, -0.25) is 9.59 Å². The van der Waals surface area contributed by atoms with Gasteiger partial charge in [-0.05, 0) is 36.1 Å². The van der Waals surface area contributed by atoms with Crippen molar-refractivity contribution in [1.29, 1.82) is 0 Å². The molecule has 8 N–H and O–H groups in total. The number of fused-ring (bicyclic) bond motifs is 2. The monoisotopic (exact) mass is 706 g/mol. The van der Waals surface area contributed by atoms with Gasteiger partial charge in [0.05, 0.1) is 24.4 Å². The molecule has 1 aliphatic rings. The Hall–Kier alpha value is -3.42. The zero-order chi connectivity index (χ0) is 37.6. The number of aliphatic hydroxyl groups is 4. The Morgan fingerprint density at radius 3 is 1.80 bits per heavy atom. The third-order valence-electron chi connectivity index (χ3n) is 9.42. The zero-order valence-corrected chi connectivity index (χ0v) is 31.2. The number of aromatic amines is 2. The van der Waals surface area contributed by atoms with Gasteiger partial charge in [0.1, 0.15) is 30.5 Å². The highest BCUT2D eigenvalue weighted by atomic mass is 16.5. The minimum Gasteiger partial charge on any atom is -0.394 e. The maximum atomic E-state index is 12.9. The van der Waals surface area contributed by atoms with Crippen molar-refractivity contribution in [3.05, 3.63) is 71.5 Å². The van der Waals surface area contributed by atoms with E-state index in [0.717, 1.165) is 28.4 Å². The maximum absolute atomic E-state index is 12.9. The zero-order valence-electron chi connectivity index (χ0n) is 31.2. The molecule has 11 nitrogen and oxygen atoms in total. The average Bonchev–Trinajstić information content (AvgIpc) is 3.67. The highest BCUT2D eigenvalue weighted by molar-refractivity contribution is 5.90. The molecule has 7 atom stereocenters. The SMILES string of the molecule is CC(C)NC(Cc1c(C2OC(CO)C(O)C(O)C2O)[nH]c2ccccc12)C(=O)C(C)C.CC(C)NC(Cc1c[nH]c2ccccc12)C(=O)C(C)C. The molecular formula is C40H58N4O7. The summed E-state index contributed by atoms with van der Waals surface area (Å²) in [5.41, 5.74) is 4.47. The maximum Gasteiger partial charge on any atom is 0.152 e. The van der Waals surface area contributed by atoms with Gasteiger partial charge in [0, 0.05) is 51.9 Å². The fraction of sp³-hybridized carbons (Fsp3) is 0.550. The van der Waals surface area contributed by atoms with Gasteiger partial charge in [-0.25, -0.2) is 0 Å². The van der Waals surface area contributed by atoms with Crippen molar-refractivity contribution in [2.45, 2.75) is 123 Å². The number of ether oxygens (including phenoxy) is 1. The molecule has 0 radical (unpaired) electrons. The first-order valence-electron chi connectivity index (χ1n) is 18.2. The van der Waals surface area contributed by atoms with Crippen LogP contribution in [0.25, 0.3) is 21.8 Å². The van der Waals surface area contributed by atoms with Crippen LogP contribution in [0.5, 0.6) is 0 Å². The Bertz CT molecular complexity index is 1730. The van der Waals surface area contributed by atoms with Crippen LogP contribution in [0.1, 0.15) is 78.3 Å². The van der Waals surface area contributed by atoms with Crippen molar-refractivity contribution >= 4 is 33.4 Å². The highest BCUT2D eigenvalue weighted by Crippen LogP contribution is 2.37. The number of hydrogen-bond donors (Lipinski definition) is 8. The molecule has 1 aliphatic heterocycles. The molecule has 1 fully saturated rings. The van der Waals surface area contributed by atoms with Gasteiger partial charge < -0.3 is 45.8 Å². The molecule has 280 valence electrons. The van der Waals surface area contributed by atoms with E-state index in [9.17, 15) is 30.0 Å². The number of H-pyrrole nitrogens is 2. The molecule has 3 heterocycles. The van der Waals surface area contributed by atoms with E-state index in [1.807, 2.05) is 84.1 Å². The number of carbonyl (C=O) groups is 2. The number of hydrogen-bond acceptors (Lipinski definition) is 9. The Kier molecular flexibility index (Phi) is 14.1. The first-order valence-corrected chi connectivity index (χ1v) is 18.2. The number of aliphatic hydroxyl groups excluding tert-OH is 4. The normalized spacial score (nSPS) is 22.2. The summed E-state index contributed by atoms with van der Waals surface area (Å²) in [6, 6.07) is 15.7. The average molecular weight is 707 g/mol. The minimum atomic E-state index is -1.47. The molecule has 0 saturated carbocycles. The third kappa shape index (κ3) is 9.72. The first kappa shape index (κ1) is 40.4. The summed E-state index contributed by atoms with van der Waals surface area (Å²) in [4.78, 5) is 31.8. The summed E-state index contributed by atoms with van der Waals surface area (Å²) >= 11 is 0. The molecule has 51 heavy (non-hydrogen) atoms. The van der Waals surface area contributed by atoms with Crippen LogP contribution in [0, 0.1) is 11.8 Å². The van der Waals surface area contributed by atoms with E-state index in [4.69, 9.17) is 4.74 Å². The lowest BCUT2D eigenvalue weighted by atomic mass is 9.89. The smallest absolute Gasteiger partial charge is 0.152 e. The van der Waals surface area contributed by atoms with Gasteiger partial charge in [-0.15, -0.1) is 0 Å². The molecule has 0 spiro atoms. The lowest BCUT2D eigenvalue weighted by molar-refractivity contribution is -0.232. The molecule has 0 amide bonds. The lowest BCUT2D eigenvalue weighted by Crippen LogP contribution is -2.55. The number of aromatic nitrogens is 2. The van der Waals surface area contributed by atoms with Crippen molar-refractivity contribution in [3.63, 3.8) is 0 Å². The van der Waals surface area contributed by atoms with Crippen molar-refractivity contribution < 1.29 is 34.8 Å². The van der Waals surface area contributed by atoms with E-state index in [0.29, 0.717) is 18.2 Å². The largest absolute Gasteiger partial charge is 0.394 e. The van der Waals surface area contributed by atoms with Crippen LogP contribution in [-0.4, -0.2) is 97.2 Å². The molecular weight excluding hydrogens is 648 g/mol. The van der Waals surface area contributed by atoms with Gasteiger partial charge in [0.25, 0.3) is 0 Å². The van der Waals surface area contributed by atoms with E-state index in [2.05, 4.69) is 46.6 Å². The van der Waals surface area contributed by atoms with Crippen molar-refractivity contribution in [3.8, 4) is 0 Å². The Morgan fingerprint density at radius 1 is 0.725 bits per heavy atom. The second-order valence-corrected chi connectivity index (χ2v) is 14.9. The molecule has 7 unspecified atom stereocenters. The number of carbonyl (C=O) groups excluding carboxylic acids is 2. The molecule has 2 aromatic carbocycles. The van der Waals surface area contributed by atoms with Crippen LogP contribution >= 0.6 is 0 Å². The van der Waals surface area contributed by atoms with Gasteiger partial charge in [0.15, 0.2) is 11.6 Å². The van der Waals surface area contributed by atoms with Crippen LogP contribution < -0.4 is 10.6 Å². The number of ketones is 2. The number of benzene rings is 2. The van der Waals surface area contributed by atoms with Crippen molar-refractivity contribution in [1.82, 2.24) is 20.6 Å². The summed E-state index contributed by atoms with van der Waals surface area (Å²) in [6.45, 7) is 15.3. The first-order chi connectivity index (χ1) is 24.1. The number of Topliss-reactive ketones (excluding diaryl/α,β-unsaturated/α-hetero) is 2. The summed E-state index contributed by atoms with van der Waals surface area (Å²) < 4.78 is 5.81. The van der Waals surface area contributed by atoms with Crippen LogP contribution in [0.4, 0.5) is 0 Å². The topological polar surface area (TPSA) is 180 Å². The number of nitrogens with one attached hydrogen (secondary N) is 4. The summed E-state index contributed by atoms with van der Waals surface area (Å²) in [7, 11) is 0. The molecule has 11 heteroatoms. The van der Waals surface area contributed by atoms with Crippen LogP contribution in [0.2, 0.25) is 0 Å². The van der Waals surface area contributed by atoms with Crippen LogP contribution in [0.3, 0.4) is 0 Å². The fourth-order valence-corrected chi connectivity index (χ4v) is 6.84. The van der Waals surface area contributed by atoms with Gasteiger partial charge in [-0.2, -0.15) is 0 Å². The van der Waals surface area contributed by atoms with E-state index in [1.165, 1.54) is 10.9 Å². The second-order valence-electron chi connectivity index (χ2n) is 14.9. The van der Waals surface area contributed by atoms with E-state index >= 15 is 0 Å². The fourth-order valence-electron chi connectivity index (χ4n) is 6.84. The highest BCUT2D eigenvalue weighted by Gasteiger charge is 2.45. The Labute approximate surface area is 301 Å². The van der Waals surface area contributed by atoms with Gasteiger partial charge in [0.2, 0.25) is 0 Å². The summed E-state index contributed by atoms with van der Waals surface area (Å²) in [5.74, 6) is 0.260. The van der Waals surface area contributed by atoms with Gasteiger partial charge in [-0.1, -0.05) is 91.8 Å². The van der Waals surface area contributed by atoms with Crippen molar-refractivity contribution in [2.75, 3.05) is 6.61 Å². The van der Waals surface area contributed by atoms with E-state index < -0.39 is 43.2 Å². The predicted molar refractivity (Wildman–Crippen MR) is 201 cm³/mol. The molecule has 4 aromatic rings. The summed E-state index contributed by atoms with van der Waals surface area (Å²) in [6.07, 6.45) is -3.19. The van der Waals surface area contributed by atoms with Crippen LogP contribution in [0.15, 0.2) is 54.7 Å². The van der Waals surface area contributed by atoms with Crippen LogP contribution in [-0.2, 0) is 27.2 Å². The molecule has 0 bridgehead atoms. The number of para-hydroxylation sites is 2. The standard InChI is InChI=1S/C23H34N2O6.C17H24N2O/c1-11(2)19(27)16(24-12(3)4)9-14-13-7-5-6-8-15(13)25-18(14)23-22(30)21(29)20(28)17(10-26)31-23;1-11(2)17(20)16(19-12(3)4)9-13-10-18-15-8-6-5-7-14(13)15/h5-8,11-12,16-17,20-26,28-30H,9-10H2,1-4H3;5-8,10-12,16,18-19H,9H2,1-4H3. The van der Waals surface area contributed by atoms with E-state index in [1.54, 1.807) is 0 Å². The molecule has 0 aliphatic carbocycles. The summed E-state index contributed by atoms with van der Waals surface area (Å²) in [5, 5.41) is 49.5. The Balaban J connectivity index is 0.000000251. The quantitative estimate of drug-likeness (QED) is 0.0958. The van der Waals surface area contributed by atoms with E-state index in [-0.39, 0.29) is 35.5 Å². The van der Waals surface area contributed by atoms with Gasteiger partial charge >= 0.3 is 0 Å². The second kappa shape index (κ2) is 17.9. The minimum absolute atomic E-state index is 0.0523.